The molecule has 0 aliphatic heterocycles. The van der Waals surface area contributed by atoms with Crippen molar-refractivity contribution < 1.29 is 9.18 Å². The number of aromatic nitrogens is 1. The second-order valence-electron chi connectivity index (χ2n) is 8.53. The van der Waals surface area contributed by atoms with Gasteiger partial charge in [0.05, 0.1) is 16.9 Å². The number of nitrogens with zero attached hydrogens (tertiary/aromatic N) is 1. The number of fused-ring (bicyclic) bond motifs is 1. The highest BCUT2D eigenvalue weighted by Gasteiger charge is 2.32. The molecule has 4 nitrogen and oxygen atoms in total. The van der Waals surface area contributed by atoms with Crippen molar-refractivity contribution in [3.8, 4) is 0 Å². The van der Waals surface area contributed by atoms with E-state index in [2.05, 4.69) is 16.9 Å². The van der Waals surface area contributed by atoms with E-state index in [0.29, 0.717) is 28.7 Å². The largest absolute Gasteiger partial charge is 0.397 e. The van der Waals surface area contributed by atoms with Gasteiger partial charge in [0.2, 0.25) is 5.91 Å². The Kier molecular flexibility index (Phi) is 6.75. The summed E-state index contributed by atoms with van der Waals surface area (Å²) in [7, 11) is 0. The lowest BCUT2D eigenvalue weighted by Gasteiger charge is -2.33. The average molecular weight is 452 g/mol. The van der Waals surface area contributed by atoms with E-state index in [4.69, 9.17) is 17.3 Å². The van der Waals surface area contributed by atoms with Crippen molar-refractivity contribution >= 4 is 39.8 Å². The zero-order valence-electron chi connectivity index (χ0n) is 17.9. The van der Waals surface area contributed by atoms with E-state index in [9.17, 15) is 9.18 Å². The van der Waals surface area contributed by atoms with Crippen molar-refractivity contribution in [1.29, 1.82) is 0 Å². The Bertz CT molecular complexity index is 1140. The molecule has 0 radical (unpaired) electrons. The first-order chi connectivity index (χ1) is 15.5. The molecule has 6 heteroatoms. The molecule has 1 unspecified atom stereocenters. The molecule has 2 aromatic carbocycles. The molecule has 1 saturated carbocycles. The van der Waals surface area contributed by atoms with Crippen molar-refractivity contribution in [3.63, 3.8) is 0 Å². The van der Waals surface area contributed by atoms with Crippen LogP contribution in [0.3, 0.4) is 0 Å². The summed E-state index contributed by atoms with van der Waals surface area (Å²) < 4.78 is 13.9. The number of anilines is 2. The van der Waals surface area contributed by atoms with Gasteiger partial charge in [-0.25, -0.2) is 4.39 Å². The van der Waals surface area contributed by atoms with Crippen molar-refractivity contribution in [2.75, 3.05) is 11.1 Å². The molecule has 166 valence electrons. The van der Waals surface area contributed by atoms with Crippen LogP contribution >= 0.6 is 11.6 Å². The summed E-state index contributed by atoms with van der Waals surface area (Å²) in [6, 6.07) is 11.8. The Hall–Kier alpha value is -2.92. The van der Waals surface area contributed by atoms with Gasteiger partial charge in [0.15, 0.2) is 0 Å². The molecule has 3 N–H and O–H groups in total. The number of allylic oxidation sites excluding steroid dienone is 1. The molecule has 4 rings (SSSR count). The minimum Gasteiger partial charge on any atom is -0.397 e. The van der Waals surface area contributed by atoms with Crippen LogP contribution in [0.4, 0.5) is 15.8 Å². The highest BCUT2D eigenvalue weighted by atomic mass is 35.5. The number of nitrogens with one attached hydrogen (secondary N) is 1. The zero-order chi connectivity index (χ0) is 22.7. The van der Waals surface area contributed by atoms with E-state index >= 15 is 0 Å². The number of nitrogens with two attached hydrogens (primary N) is 1. The standard InChI is InChI=1S/C26H27ClFN3O/c1-2-3-21(26(32)31-25-10-8-18(27)14-23(25)29)17-6-4-16(5-7-17)20-12-13-30-24-11-9-19(28)15-22(20)24/h2,8-17,21H,1,3-7,29H2,(H,31,32). The average Bonchev–Trinajstić information content (AvgIpc) is 2.79. The van der Waals surface area contributed by atoms with E-state index in [-0.39, 0.29) is 23.6 Å². The highest BCUT2D eigenvalue weighted by molar-refractivity contribution is 6.31. The molecular weight excluding hydrogens is 425 g/mol. The SMILES string of the molecule is C=CCC(C(=O)Nc1ccc(Cl)cc1N)C1CCC(c2ccnc3ccc(F)cc23)CC1. The third-order valence-electron chi connectivity index (χ3n) is 6.55. The van der Waals surface area contributed by atoms with Crippen molar-refractivity contribution in [2.24, 2.45) is 11.8 Å². The lowest BCUT2D eigenvalue weighted by molar-refractivity contribution is -0.121. The van der Waals surface area contributed by atoms with Crippen LogP contribution in [0.2, 0.25) is 5.02 Å². The second-order valence-corrected chi connectivity index (χ2v) is 8.96. The maximum absolute atomic E-state index is 13.9. The van der Waals surface area contributed by atoms with Gasteiger partial charge in [-0.2, -0.15) is 0 Å². The molecule has 0 bridgehead atoms. The summed E-state index contributed by atoms with van der Waals surface area (Å²) in [5.74, 6) is 0.124. The first kappa shape index (κ1) is 22.3. The number of pyridine rings is 1. The summed E-state index contributed by atoms with van der Waals surface area (Å²) in [5.41, 5.74) is 8.99. The normalized spacial score (nSPS) is 19.4. The van der Waals surface area contributed by atoms with Gasteiger partial charge in [0, 0.05) is 22.5 Å². The zero-order valence-corrected chi connectivity index (χ0v) is 18.6. The Labute approximate surface area is 192 Å². The number of carbonyl (C=O) groups excluding carboxylic acids is 1. The Morgan fingerprint density at radius 1 is 1.22 bits per heavy atom. The number of halogens is 2. The first-order valence-electron chi connectivity index (χ1n) is 11.0. The number of rotatable bonds is 6. The van der Waals surface area contributed by atoms with Crippen LogP contribution in [0, 0.1) is 17.7 Å². The van der Waals surface area contributed by atoms with Gasteiger partial charge in [-0.3, -0.25) is 9.78 Å². The topological polar surface area (TPSA) is 68.0 Å². The minimum absolute atomic E-state index is 0.0428. The number of nitrogen functional groups attached to an aromatic ring is 1. The second kappa shape index (κ2) is 9.70. The van der Waals surface area contributed by atoms with Gasteiger partial charge in [0.25, 0.3) is 0 Å². The molecular formula is C26H27ClFN3O. The lowest BCUT2D eigenvalue weighted by Crippen LogP contribution is -2.31. The Morgan fingerprint density at radius 3 is 2.72 bits per heavy atom. The van der Waals surface area contributed by atoms with Crippen molar-refractivity contribution in [1.82, 2.24) is 4.98 Å². The number of benzene rings is 2. The van der Waals surface area contributed by atoms with Crippen molar-refractivity contribution in [3.05, 3.63) is 77.7 Å². The van der Waals surface area contributed by atoms with Gasteiger partial charge in [0.1, 0.15) is 5.82 Å². The molecule has 32 heavy (non-hydrogen) atoms. The molecule has 1 aromatic heterocycles. The van der Waals surface area contributed by atoms with E-state index in [1.54, 1.807) is 42.6 Å². The van der Waals surface area contributed by atoms with Gasteiger partial charge < -0.3 is 11.1 Å². The third-order valence-corrected chi connectivity index (χ3v) is 6.78. The summed E-state index contributed by atoms with van der Waals surface area (Å²) in [5, 5.41) is 4.39. The van der Waals surface area contributed by atoms with Gasteiger partial charge in [-0.05, 0) is 92.0 Å². The van der Waals surface area contributed by atoms with Gasteiger partial charge in [-0.1, -0.05) is 17.7 Å². The van der Waals surface area contributed by atoms with Crippen LogP contribution in [-0.4, -0.2) is 10.9 Å². The summed E-state index contributed by atoms with van der Waals surface area (Å²) >= 11 is 5.97. The maximum atomic E-state index is 13.9. The molecule has 1 aliphatic carbocycles. The molecule has 3 aromatic rings. The first-order valence-corrected chi connectivity index (χ1v) is 11.3. The quantitative estimate of drug-likeness (QED) is 0.323. The van der Waals surface area contributed by atoms with Crippen LogP contribution in [0.15, 0.2) is 61.3 Å². The van der Waals surface area contributed by atoms with Gasteiger partial charge in [-0.15, -0.1) is 6.58 Å². The van der Waals surface area contributed by atoms with Crippen LogP contribution in [0.1, 0.15) is 43.6 Å². The van der Waals surface area contributed by atoms with Crippen LogP contribution < -0.4 is 11.1 Å². The van der Waals surface area contributed by atoms with E-state index in [1.165, 1.54) is 6.07 Å². The molecule has 1 aliphatic rings. The van der Waals surface area contributed by atoms with E-state index < -0.39 is 0 Å². The number of hydrogen-bond donors (Lipinski definition) is 2. The molecule has 0 spiro atoms. The van der Waals surface area contributed by atoms with E-state index in [0.717, 1.165) is 42.1 Å². The molecule has 1 fully saturated rings. The third kappa shape index (κ3) is 4.78. The molecule has 0 saturated heterocycles. The predicted octanol–water partition coefficient (Wildman–Crippen LogP) is 6.71. The monoisotopic (exact) mass is 451 g/mol. The van der Waals surface area contributed by atoms with Gasteiger partial charge >= 0.3 is 0 Å². The van der Waals surface area contributed by atoms with Crippen LogP contribution in [0.25, 0.3) is 10.9 Å². The van der Waals surface area contributed by atoms with Crippen molar-refractivity contribution in [2.45, 2.75) is 38.0 Å². The summed E-state index contributed by atoms with van der Waals surface area (Å²) in [6.07, 6.45) is 7.96. The number of hydrogen-bond acceptors (Lipinski definition) is 3. The Balaban J connectivity index is 1.47. The summed E-state index contributed by atoms with van der Waals surface area (Å²) in [6.45, 7) is 3.85. The fourth-order valence-electron chi connectivity index (χ4n) is 4.89. The number of amides is 1. The minimum atomic E-state index is -0.246. The smallest absolute Gasteiger partial charge is 0.228 e. The van der Waals surface area contributed by atoms with E-state index in [1.807, 2.05) is 6.07 Å². The maximum Gasteiger partial charge on any atom is 0.228 e. The predicted molar refractivity (Wildman–Crippen MR) is 129 cm³/mol. The fraction of sp³-hybridized carbons (Fsp3) is 0.308. The Morgan fingerprint density at radius 2 is 2.00 bits per heavy atom. The molecule has 1 amide bonds. The lowest BCUT2D eigenvalue weighted by atomic mass is 9.72. The number of carbonyl (C=O) groups is 1. The highest BCUT2D eigenvalue weighted by Crippen LogP contribution is 2.42. The fourth-order valence-corrected chi connectivity index (χ4v) is 5.07. The molecule has 1 atom stereocenters. The van der Waals surface area contributed by atoms with Crippen LogP contribution in [-0.2, 0) is 4.79 Å². The summed E-state index contributed by atoms with van der Waals surface area (Å²) in [4.78, 5) is 17.5. The molecule has 1 heterocycles. The van der Waals surface area contributed by atoms with Crippen LogP contribution in [0.5, 0.6) is 0 Å².